The third-order valence-corrected chi connectivity index (χ3v) is 5.46. The molecule has 0 amide bonds. The van der Waals surface area contributed by atoms with Gasteiger partial charge in [0.05, 0.1) is 18.8 Å². The van der Waals surface area contributed by atoms with E-state index in [1.165, 1.54) is 5.56 Å². The zero-order valence-electron chi connectivity index (χ0n) is 12.7. The molecule has 118 valence electrons. The number of hydrogen-bond acceptors (Lipinski definition) is 2. The van der Waals surface area contributed by atoms with Crippen molar-refractivity contribution >= 4 is 28.9 Å². The van der Waals surface area contributed by atoms with Crippen molar-refractivity contribution in [1.29, 1.82) is 0 Å². The van der Waals surface area contributed by atoms with Gasteiger partial charge in [-0.2, -0.15) is 0 Å². The Kier molecular flexibility index (Phi) is 3.74. The normalized spacial score (nSPS) is 24.7. The molecule has 1 N–H and O–H groups in total. The monoisotopic (exact) mass is 345 g/mol. The highest BCUT2D eigenvalue weighted by Gasteiger charge is 2.40. The number of methoxy groups -OCH3 is 1. The van der Waals surface area contributed by atoms with E-state index in [-0.39, 0.29) is 6.04 Å². The van der Waals surface area contributed by atoms with Crippen LogP contribution in [0.2, 0.25) is 10.0 Å². The van der Waals surface area contributed by atoms with Crippen LogP contribution in [0.5, 0.6) is 5.75 Å². The maximum absolute atomic E-state index is 6.51. The second-order valence-corrected chi connectivity index (χ2v) is 6.91. The number of ether oxygens (including phenoxy) is 1. The van der Waals surface area contributed by atoms with Gasteiger partial charge in [-0.15, -0.1) is 0 Å². The van der Waals surface area contributed by atoms with Gasteiger partial charge in [0.25, 0.3) is 0 Å². The summed E-state index contributed by atoms with van der Waals surface area (Å²) in [5, 5.41) is 5.22. The fourth-order valence-electron chi connectivity index (χ4n) is 3.81. The molecule has 23 heavy (non-hydrogen) atoms. The zero-order valence-corrected chi connectivity index (χ0v) is 14.2. The summed E-state index contributed by atoms with van der Waals surface area (Å²) in [6.45, 7) is 0. The molecule has 0 aromatic heterocycles. The molecule has 0 saturated carbocycles. The maximum Gasteiger partial charge on any atom is 0.142 e. The van der Waals surface area contributed by atoms with Crippen LogP contribution in [-0.2, 0) is 0 Å². The molecule has 0 spiro atoms. The fourth-order valence-corrected chi connectivity index (χ4v) is 4.22. The molecule has 0 saturated heterocycles. The number of fused-ring (bicyclic) bond motifs is 3. The number of anilines is 1. The third kappa shape index (κ3) is 2.41. The molecule has 4 rings (SSSR count). The van der Waals surface area contributed by atoms with Gasteiger partial charge in [-0.25, -0.2) is 0 Å². The summed E-state index contributed by atoms with van der Waals surface area (Å²) in [6.07, 6.45) is 5.57. The Bertz CT molecular complexity index is 770. The Morgan fingerprint density at radius 3 is 2.61 bits per heavy atom. The minimum absolute atomic E-state index is 0.215. The van der Waals surface area contributed by atoms with Gasteiger partial charge in [0.1, 0.15) is 5.75 Å². The Hall–Kier alpha value is -1.64. The van der Waals surface area contributed by atoms with E-state index in [4.69, 9.17) is 27.9 Å². The summed E-state index contributed by atoms with van der Waals surface area (Å²) in [5.41, 5.74) is 3.39. The molecule has 1 aliphatic heterocycles. The Morgan fingerprint density at radius 1 is 1.09 bits per heavy atom. The van der Waals surface area contributed by atoms with E-state index >= 15 is 0 Å². The van der Waals surface area contributed by atoms with Crippen molar-refractivity contribution in [3.05, 3.63) is 69.7 Å². The summed E-state index contributed by atoms with van der Waals surface area (Å²) in [7, 11) is 1.69. The van der Waals surface area contributed by atoms with Crippen molar-refractivity contribution in [2.24, 2.45) is 5.92 Å². The van der Waals surface area contributed by atoms with Crippen molar-refractivity contribution in [2.45, 2.75) is 18.4 Å². The van der Waals surface area contributed by atoms with Crippen LogP contribution >= 0.6 is 23.2 Å². The van der Waals surface area contributed by atoms with Gasteiger partial charge in [-0.1, -0.05) is 47.5 Å². The Labute approximate surface area is 146 Å². The second-order valence-electron chi connectivity index (χ2n) is 6.07. The molecule has 4 heteroatoms. The lowest BCUT2D eigenvalue weighted by atomic mass is 9.77. The van der Waals surface area contributed by atoms with E-state index in [0.29, 0.717) is 11.8 Å². The van der Waals surface area contributed by atoms with Gasteiger partial charge in [-0.05, 0) is 42.2 Å². The molecule has 1 aliphatic carbocycles. The summed E-state index contributed by atoms with van der Waals surface area (Å²) < 4.78 is 5.55. The van der Waals surface area contributed by atoms with Crippen LogP contribution < -0.4 is 10.1 Å². The standard InChI is InChI=1S/C19H17Cl2NO/c1-23-16-10-9-15(21)17-13-3-2-4-14(13)18(22-19(16)17)11-5-7-12(20)8-6-11/h2-3,5-10,13-14,18,22H,4H2,1H3/t13-,14+,18+/m1/s1. The van der Waals surface area contributed by atoms with Gasteiger partial charge in [0.15, 0.2) is 0 Å². The first kappa shape index (κ1) is 14.9. The van der Waals surface area contributed by atoms with Gasteiger partial charge >= 0.3 is 0 Å². The Morgan fingerprint density at radius 2 is 1.87 bits per heavy atom. The van der Waals surface area contributed by atoms with Crippen molar-refractivity contribution in [3.63, 3.8) is 0 Å². The first-order valence-corrected chi connectivity index (χ1v) is 8.49. The van der Waals surface area contributed by atoms with Gasteiger partial charge in [-0.3, -0.25) is 0 Å². The largest absolute Gasteiger partial charge is 0.495 e. The number of benzene rings is 2. The van der Waals surface area contributed by atoms with E-state index in [1.807, 2.05) is 24.3 Å². The highest BCUT2D eigenvalue weighted by atomic mass is 35.5. The highest BCUT2D eigenvalue weighted by Crippen LogP contribution is 2.54. The van der Waals surface area contributed by atoms with E-state index in [2.05, 4.69) is 29.6 Å². The number of hydrogen-bond donors (Lipinski definition) is 1. The van der Waals surface area contributed by atoms with Crippen LogP contribution in [0.3, 0.4) is 0 Å². The first-order chi connectivity index (χ1) is 11.2. The number of allylic oxidation sites excluding steroid dienone is 2. The molecular formula is C19H17Cl2NO. The van der Waals surface area contributed by atoms with Crippen LogP contribution in [-0.4, -0.2) is 7.11 Å². The average Bonchev–Trinajstić information content (AvgIpc) is 3.04. The van der Waals surface area contributed by atoms with Crippen molar-refractivity contribution in [2.75, 3.05) is 12.4 Å². The zero-order chi connectivity index (χ0) is 16.0. The smallest absolute Gasteiger partial charge is 0.142 e. The fraction of sp³-hybridized carbons (Fsp3) is 0.263. The molecule has 0 unspecified atom stereocenters. The van der Waals surface area contributed by atoms with Gasteiger partial charge < -0.3 is 10.1 Å². The van der Waals surface area contributed by atoms with Crippen molar-refractivity contribution < 1.29 is 4.74 Å². The molecule has 2 aromatic rings. The first-order valence-electron chi connectivity index (χ1n) is 7.74. The molecular weight excluding hydrogens is 329 g/mol. The Balaban J connectivity index is 1.84. The summed E-state index contributed by atoms with van der Waals surface area (Å²) in [6, 6.07) is 12.1. The van der Waals surface area contributed by atoms with Crippen molar-refractivity contribution in [3.8, 4) is 5.75 Å². The number of nitrogens with one attached hydrogen (secondary N) is 1. The van der Waals surface area contributed by atoms with Crippen LogP contribution in [0.1, 0.15) is 29.5 Å². The SMILES string of the molecule is COc1ccc(Cl)c2c1N[C@@H](c1ccc(Cl)cc1)[C@H]1CC=C[C@@H]21. The van der Waals surface area contributed by atoms with E-state index in [0.717, 1.165) is 33.5 Å². The van der Waals surface area contributed by atoms with Gasteiger partial charge in [0.2, 0.25) is 0 Å². The minimum Gasteiger partial charge on any atom is -0.495 e. The predicted molar refractivity (Wildman–Crippen MR) is 95.8 cm³/mol. The lowest BCUT2D eigenvalue weighted by molar-refractivity contribution is 0.397. The highest BCUT2D eigenvalue weighted by molar-refractivity contribution is 6.32. The quantitative estimate of drug-likeness (QED) is 0.691. The van der Waals surface area contributed by atoms with Crippen molar-refractivity contribution in [1.82, 2.24) is 0 Å². The third-order valence-electron chi connectivity index (χ3n) is 4.88. The van der Waals surface area contributed by atoms with E-state index in [9.17, 15) is 0 Å². The summed E-state index contributed by atoms with van der Waals surface area (Å²) in [5.74, 6) is 1.60. The molecule has 0 fully saturated rings. The molecule has 1 heterocycles. The van der Waals surface area contributed by atoms with Crippen LogP contribution in [0, 0.1) is 5.92 Å². The maximum atomic E-state index is 6.51. The molecule has 0 radical (unpaired) electrons. The second kappa shape index (κ2) is 5.77. The van der Waals surface area contributed by atoms with E-state index in [1.54, 1.807) is 7.11 Å². The molecule has 2 nitrogen and oxygen atoms in total. The van der Waals surface area contributed by atoms with Gasteiger partial charge in [0, 0.05) is 21.5 Å². The molecule has 0 bridgehead atoms. The predicted octanol–water partition coefficient (Wildman–Crippen LogP) is 5.83. The molecule has 2 aromatic carbocycles. The molecule has 2 aliphatic rings. The van der Waals surface area contributed by atoms with Crippen LogP contribution in [0.4, 0.5) is 5.69 Å². The van der Waals surface area contributed by atoms with E-state index < -0.39 is 0 Å². The topological polar surface area (TPSA) is 21.3 Å². The lowest BCUT2D eigenvalue weighted by Gasteiger charge is -2.38. The minimum atomic E-state index is 0.215. The summed E-state index contributed by atoms with van der Waals surface area (Å²) in [4.78, 5) is 0. The number of rotatable bonds is 2. The molecule has 3 atom stereocenters. The summed E-state index contributed by atoms with van der Waals surface area (Å²) >= 11 is 12.5. The average molecular weight is 346 g/mol. The van der Waals surface area contributed by atoms with Crippen LogP contribution in [0.15, 0.2) is 48.6 Å². The number of halogens is 2. The lowest BCUT2D eigenvalue weighted by Crippen LogP contribution is -2.29. The van der Waals surface area contributed by atoms with Crippen LogP contribution in [0.25, 0.3) is 0 Å².